The standard InChI is InChI=1S/C17H22BrN3O/c1-16(2)8-12(9-17(3,4)20-16)21-10-19-14-7-11(18)5-6-13(14)15(21)22/h5-7,10,12,20H,8-9H2,1-4H3. The fourth-order valence-electron chi connectivity index (χ4n) is 3.83. The van der Waals surface area contributed by atoms with Gasteiger partial charge >= 0.3 is 0 Å². The van der Waals surface area contributed by atoms with Crippen LogP contribution in [0.5, 0.6) is 0 Å². The van der Waals surface area contributed by atoms with Gasteiger partial charge in [0, 0.05) is 21.6 Å². The lowest BCUT2D eigenvalue weighted by atomic mass is 9.79. The van der Waals surface area contributed by atoms with E-state index in [1.165, 1.54) is 0 Å². The highest BCUT2D eigenvalue weighted by atomic mass is 79.9. The first-order valence-electron chi connectivity index (χ1n) is 7.63. The number of hydrogen-bond donors (Lipinski definition) is 1. The summed E-state index contributed by atoms with van der Waals surface area (Å²) < 4.78 is 2.76. The zero-order valence-electron chi connectivity index (χ0n) is 13.5. The highest BCUT2D eigenvalue weighted by molar-refractivity contribution is 9.10. The van der Waals surface area contributed by atoms with Crippen LogP contribution in [-0.4, -0.2) is 20.6 Å². The zero-order valence-corrected chi connectivity index (χ0v) is 15.1. The minimum atomic E-state index is 0.000526. The van der Waals surface area contributed by atoms with Crippen LogP contribution in [0.4, 0.5) is 0 Å². The Morgan fingerprint density at radius 2 is 1.86 bits per heavy atom. The molecule has 1 aromatic carbocycles. The van der Waals surface area contributed by atoms with Crippen LogP contribution in [-0.2, 0) is 0 Å². The first-order valence-corrected chi connectivity index (χ1v) is 8.42. The number of hydrogen-bond acceptors (Lipinski definition) is 3. The summed E-state index contributed by atoms with van der Waals surface area (Å²) in [5, 5.41) is 4.33. The minimum Gasteiger partial charge on any atom is -0.307 e. The molecule has 1 aliphatic rings. The molecular weight excluding hydrogens is 342 g/mol. The Balaban J connectivity index is 2.08. The van der Waals surface area contributed by atoms with Crippen molar-refractivity contribution < 1.29 is 0 Å². The van der Waals surface area contributed by atoms with Crippen molar-refractivity contribution in [2.75, 3.05) is 0 Å². The summed E-state index contributed by atoms with van der Waals surface area (Å²) in [4.78, 5) is 17.3. The van der Waals surface area contributed by atoms with Gasteiger partial charge in [0.2, 0.25) is 0 Å². The average molecular weight is 364 g/mol. The Hall–Kier alpha value is -1.20. The summed E-state index contributed by atoms with van der Waals surface area (Å²) in [7, 11) is 0. The molecule has 1 fully saturated rings. The van der Waals surface area contributed by atoms with Gasteiger partial charge in [0.05, 0.1) is 17.2 Å². The summed E-state index contributed by atoms with van der Waals surface area (Å²) in [5.74, 6) is 0. The molecular formula is C17H22BrN3O. The van der Waals surface area contributed by atoms with Crippen molar-refractivity contribution in [2.24, 2.45) is 0 Å². The summed E-state index contributed by atoms with van der Waals surface area (Å²) in [6, 6.07) is 5.80. The van der Waals surface area contributed by atoms with Crippen molar-refractivity contribution in [1.82, 2.24) is 14.9 Å². The number of piperidine rings is 1. The number of fused-ring (bicyclic) bond motifs is 1. The van der Waals surface area contributed by atoms with E-state index in [-0.39, 0.29) is 22.7 Å². The number of halogens is 1. The SMILES string of the molecule is CC1(C)CC(n2cnc3cc(Br)ccc3c2=O)CC(C)(C)N1. The zero-order chi connectivity index (χ0) is 16.1. The summed E-state index contributed by atoms with van der Waals surface area (Å²) >= 11 is 3.42. The first-order chi connectivity index (χ1) is 10.2. The molecule has 0 radical (unpaired) electrons. The van der Waals surface area contributed by atoms with E-state index in [4.69, 9.17) is 0 Å². The monoisotopic (exact) mass is 363 g/mol. The van der Waals surface area contributed by atoms with Crippen molar-refractivity contribution in [2.45, 2.75) is 57.7 Å². The summed E-state index contributed by atoms with van der Waals surface area (Å²) in [5.41, 5.74) is 0.792. The summed E-state index contributed by atoms with van der Waals surface area (Å²) in [6.07, 6.45) is 3.54. The maximum atomic E-state index is 12.8. The van der Waals surface area contributed by atoms with Gasteiger partial charge in [-0.15, -0.1) is 0 Å². The number of nitrogens with zero attached hydrogens (tertiary/aromatic N) is 2. The van der Waals surface area contributed by atoms with Gasteiger partial charge in [0.1, 0.15) is 0 Å². The maximum Gasteiger partial charge on any atom is 0.261 e. The number of nitrogens with one attached hydrogen (secondary N) is 1. The Labute approximate surface area is 139 Å². The predicted octanol–water partition coefficient (Wildman–Crippen LogP) is 3.64. The normalized spacial score (nSPS) is 21.1. The molecule has 0 amide bonds. The molecule has 0 atom stereocenters. The van der Waals surface area contributed by atoms with Gasteiger partial charge in [-0.1, -0.05) is 15.9 Å². The molecule has 0 aliphatic carbocycles. The van der Waals surface area contributed by atoms with E-state index < -0.39 is 0 Å². The minimum absolute atomic E-state index is 0.000526. The van der Waals surface area contributed by atoms with Gasteiger partial charge in [-0.25, -0.2) is 4.98 Å². The molecule has 5 heteroatoms. The van der Waals surface area contributed by atoms with Gasteiger partial charge in [0.25, 0.3) is 5.56 Å². The van der Waals surface area contributed by atoms with Gasteiger partial charge in [-0.05, 0) is 58.7 Å². The first kappa shape index (κ1) is 15.7. The fourth-order valence-corrected chi connectivity index (χ4v) is 4.18. The molecule has 2 heterocycles. The topological polar surface area (TPSA) is 46.9 Å². The average Bonchev–Trinajstić information content (AvgIpc) is 2.34. The molecule has 0 bridgehead atoms. The van der Waals surface area contributed by atoms with Crippen molar-refractivity contribution >= 4 is 26.8 Å². The predicted molar refractivity (Wildman–Crippen MR) is 93.3 cm³/mol. The molecule has 22 heavy (non-hydrogen) atoms. The smallest absolute Gasteiger partial charge is 0.261 e. The summed E-state index contributed by atoms with van der Waals surface area (Å²) in [6.45, 7) is 8.77. The number of rotatable bonds is 1. The third-order valence-corrected chi connectivity index (χ3v) is 4.80. The molecule has 0 unspecified atom stereocenters. The van der Waals surface area contributed by atoms with Crippen LogP contribution in [0, 0.1) is 0 Å². The van der Waals surface area contributed by atoms with E-state index in [1.54, 1.807) is 6.33 Å². The van der Waals surface area contributed by atoms with Crippen molar-refractivity contribution in [3.63, 3.8) is 0 Å². The van der Waals surface area contributed by atoms with E-state index in [0.717, 1.165) is 22.8 Å². The lowest BCUT2D eigenvalue weighted by Gasteiger charge is -2.46. The number of aromatic nitrogens is 2. The quantitative estimate of drug-likeness (QED) is 0.841. The van der Waals surface area contributed by atoms with Crippen LogP contribution in [0.15, 0.2) is 33.8 Å². The Morgan fingerprint density at radius 1 is 1.23 bits per heavy atom. The van der Waals surface area contributed by atoms with Crippen LogP contribution in [0.2, 0.25) is 0 Å². The molecule has 118 valence electrons. The molecule has 0 spiro atoms. The van der Waals surface area contributed by atoms with Crippen LogP contribution in [0.3, 0.4) is 0 Å². The van der Waals surface area contributed by atoms with Gasteiger partial charge < -0.3 is 5.32 Å². The Morgan fingerprint density at radius 3 is 2.50 bits per heavy atom. The second-order valence-corrected chi connectivity index (χ2v) is 8.49. The van der Waals surface area contributed by atoms with Crippen LogP contribution in [0.1, 0.15) is 46.6 Å². The molecule has 2 aromatic rings. The second kappa shape index (κ2) is 5.17. The number of benzene rings is 1. The lowest BCUT2D eigenvalue weighted by molar-refractivity contribution is 0.130. The van der Waals surface area contributed by atoms with Crippen LogP contribution < -0.4 is 10.9 Å². The van der Waals surface area contributed by atoms with Crippen LogP contribution >= 0.6 is 15.9 Å². The molecule has 3 rings (SSSR count). The second-order valence-electron chi connectivity index (χ2n) is 7.57. The molecule has 1 N–H and O–H groups in total. The van der Waals surface area contributed by atoms with Crippen molar-refractivity contribution in [1.29, 1.82) is 0 Å². The van der Waals surface area contributed by atoms with Gasteiger partial charge in [-0.3, -0.25) is 9.36 Å². The molecule has 4 nitrogen and oxygen atoms in total. The van der Waals surface area contributed by atoms with E-state index in [9.17, 15) is 4.79 Å². The maximum absolute atomic E-state index is 12.8. The van der Waals surface area contributed by atoms with Gasteiger partial charge in [-0.2, -0.15) is 0 Å². The molecule has 1 aromatic heterocycles. The highest BCUT2D eigenvalue weighted by Crippen LogP contribution is 2.35. The largest absolute Gasteiger partial charge is 0.307 e. The van der Waals surface area contributed by atoms with E-state index in [1.807, 2.05) is 22.8 Å². The third-order valence-electron chi connectivity index (χ3n) is 4.31. The van der Waals surface area contributed by atoms with Gasteiger partial charge in [0.15, 0.2) is 0 Å². The van der Waals surface area contributed by atoms with Crippen molar-refractivity contribution in [3.8, 4) is 0 Å². The molecule has 1 saturated heterocycles. The Bertz CT molecular complexity index is 763. The van der Waals surface area contributed by atoms with E-state index in [2.05, 4.69) is 53.9 Å². The van der Waals surface area contributed by atoms with E-state index >= 15 is 0 Å². The lowest BCUT2D eigenvalue weighted by Crippen LogP contribution is -2.58. The van der Waals surface area contributed by atoms with Crippen LogP contribution in [0.25, 0.3) is 10.9 Å². The Kier molecular flexibility index (Phi) is 3.68. The molecule has 1 aliphatic heterocycles. The fraction of sp³-hybridized carbons (Fsp3) is 0.529. The van der Waals surface area contributed by atoms with Crippen molar-refractivity contribution in [3.05, 3.63) is 39.4 Å². The highest BCUT2D eigenvalue weighted by Gasteiger charge is 2.38. The molecule has 0 saturated carbocycles. The van der Waals surface area contributed by atoms with E-state index in [0.29, 0.717) is 5.39 Å². The third kappa shape index (κ3) is 2.97.